The van der Waals surface area contributed by atoms with Crippen LogP contribution in [0.2, 0.25) is 0 Å². The largest absolute Gasteiger partial charge is 1.00 e. The molecule has 2 aromatic carbocycles. The molecule has 0 heterocycles. The van der Waals surface area contributed by atoms with Gasteiger partial charge in [0.1, 0.15) is 10.1 Å². The summed E-state index contributed by atoms with van der Waals surface area (Å²) in [7, 11) is -4.45. The molecule has 3 nitrogen and oxygen atoms in total. The summed E-state index contributed by atoms with van der Waals surface area (Å²) in [6.45, 7) is 4.35. The first-order chi connectivity index (χ1) is 12.5. The Balaban J connectivity index is 0.00000364. The van der Waals surface area contributed by atoms with Crippen LogP contribution in [0.5, 0.6) is 0 Å². The fourth-order valence-electron chi connectivity index (χ4n) is 3.65. The standard InChI is InChI=1S/C22H32O3S.K/c1-3-5-7-9-12-18-13-11-15-20-19(18)16-17-22(26(23,24)25)21(20)14-10-8-6-4-2;/h11,13,15-17H,3-10,12,14H2,1-2H3,(H,23,24,25);/q;+1/p-1. The van der Waals surface area contributed by atoms with Gasteiger partial charge in [0.2, 0.25) is 0 Å². The van der Waals surface area contributed by atoms with Crippen molar-refractivity contribution < 1.29 is 64.4 Å². The first kappa shape index (κ1) is 25.3. The molecule has 0 saturated carbocycles. The molecule has 0 atom stereocenters. The number of fused-ring (bicyclic) bond motifs is 1. The van der Waals surface area contributed by atoms with Crippen molar-refractivity contribution in [1.82, 2.24) is 0 Å². The van der Waals surface area contributed by atoms with Crippen molar-refractivity contribution in [3.8, 4) is 0 Å². The van der Waals surface area contributed by atoms with E-state index >= 15 is 0 Å². The Labute approximate surface area is 207 Å². The molecule has 2 rings (SSSR count). The van der Waals surface area contributed by atoms with Gasteiger partial charge in [-0.25, -0.2) is 8.42 Å². The average molecular weight is 415 g/mol. The van der Waals surface area contributed by atoms with E-state index in [-0.39, 0.29) is 56.3 Å². The van der Waals surface area contributed by atoms with E-state index in [0.717, 1.165) is 49.3 Å². The maximum absolute atomic E-state index is 11.8. The van der Waals surface area contributed by atoms with Crippen molar-refractivity contribution in [3.05, 3.63) is 41.5 Å². The summed E-state index contributed by atoms with van der Waals surface area (Å²) in [5.74, 6) is 0. The van der Waals surface area contributed by atoms with Crippen LogP contribution in [0, 0.1) is 0 Å². The van der Waals surface area contributed by atoms with Gasteiger partial charge < -0.3 is 4.55 Å². The molecule has 0 aliphatic carbocycles. The summed E-state index contributed by atoms with van der Waals surface area (Å²) in [5.41, 5.74) is 1.97. The van der Waals surface area contributed by atoms with Gasteiger partial charge in [-0.15, -0.1) is 0 Å². The number of hydrogen-bond donors (Lipinski definition) is 0. The second kappa shape index (κ2) is 12.7. The Kier molecular flexibility index (Phi) is 11.9. The Hall–Kier alpha value is 0.246. The Morgan fingerprint density at radius 1 is 0.778 bits per heavy atom. The number of hydrogen-bond acceptors (Lipinski definition) is 3. The van der Waals surface area contributed by atoms with Crippen LogP contribution >= 0.6 is 0 Å². The van der Waals surface area contributed by atoms with Gasteiger partial charge in [0, 0.05) is 0 Å². The summed E-state index contributed by atoms with van der Waals surface area (Å²) in [5, 5.41) is 2.04. The second-order valence-corrected chi connectivity index (χ2v) is 8.48. The van der Waals surface area contributed by atoms with Gasteiger partial charge in [-0.1, -0.05) is 76.6 Å². The monoisotopic (exact) mass is 414 g/mol. The minimum atomic E-state index is -4.45. The van der Waals surface area contributed by atoms with E-state index < -0.39 is 10.1 Å². The van der Waals surface area contributed by atoms with Crippen molar-refractivity contribution in [2.24, 2.45) is 0 Å². The van der Waals surface area contributed by atoms with Gasteiger partial charge in [0.15, 0.2) is 0 Å². The van der Waals surface area contributed by atoms with Crippen LogP contribution in [0.15, 0.2) is 35.2 Å². The third-order valence-electron chi connectivity index (χ3n) is 5.07. The zero-order valence-electron chi connectivity index (χ0n) is 17.1. The van der Waals surface area contributed by atoms with Gasteiger partial charge in [0.05, 0.1) is 4.90 Å². The minimum Gasteiger partial charge on any atom is -0.744 e. The smallest absolute Gasteiger partial charge is 0.744 e. The SMILES string of the molecule is CCCCCCc1cccc2c(CCCCCC)c(S(=O)(=O)[O-])ccc12.[K+]. The third-order valence-corrected chi connectivity index (χ3v) is 5.99. The molecule has 0 saturated heterocycles. The van der Waals surface area contributed by atoms with Crippen molar-refractivity contribution in [1.29, 1.82) is 0 Å². The summed E-state index contributed by atoms with van der Waals surface area (Å²) in [4.78, 5) is -0.0374. The van der Waals surface area contributed by atoms with Crippen LogP contribution in [0.1, 0.15) is 76.3 Å². The molecule has 0 amide bonds. The van der Waals surface area contributed by atoms with Gasteiger partial charge in [-0.3, -0.25) is 0 Å². The maximum Gasteiger partial charge on any atom is 1.00 e. The Morgan fingerprint density at radius 2 is 1.41 bits per heavy atom. The molecule has 5 heteroatoms. The van der Waals surface area contributed by atoms with Crippen LogP contribution in [0.3, 0.4) is 0 Å². The molecule has 0 bridgehead atoms. The Morgan fingerprint density at radius 3 is 2.00 bits per heavy atom. The maximum atomic E-state index is 11.8. The predicted molar refractivity (Wildman–Crippen MR) is 108 cm³/mol. The summed E-state index contributed by atoms with van der Waals surface area (Å²) in [6, 6.07) is 9.43. The molecule has 0 aromatic heterocycles. The number of unbranched alkanes of at least 4 members (excludes halogenated alkanes) is 6. The van der Waals surface area contributed by atoms with E-state index in [4.69, 9.17) is 0 Å². The van der Waals surface area contributed by atoms with Crippen LogP contribution in [-0.4, -0.2) is 13.0 Å². The molecule has 0 aliphatic rings. The van der Waals surface area contributed by atoms with Gasteiger partial charge >= 0.3 is 51.4 Å². The normalized spacial score (nSPS) is 11.5. The van der Waals surface area contributed by atoms with E-state index in [1.807, 2.05) is 18.2 Å². The Bertz CT molecular complexity index is 816. The molecule has 2 aromatic rings. The second-order valence-electron chi connectivity index (χ2n) is 7.13. The zero-order valence-corrected chi connectivity index (χ0v) is 21.0. The molecule has 0 radical (unpaired) electrons. The van der Waals surface area contributed by atoms with Crippen molar-refractivity contribution >= 4 is 20.9 Å². The average Bonchev–Trinajstić information content (AvgIpc) is 2.61. The van der Waals surface area contributed by atoms with E-state index in [1.54, 1.807) is 0 Å². The molecule has 0 aliphatic heterocycles. The molecule has 144 valence electrons. The fraction of sp³-hybridized carbons (Fsp3) is 0.545. The minimum absolute atomic E-state index is 0. The zero-order chi connectivity index (χ0) is 19.0. The van der Waals surface area contributed by atoms with Gasteiger partial charge in [0.25, 0.3) is 0 Å². The number of benzene rings is 2. The van der Waals surface area contributed by atoms with Crippen LogP contribution in [0.25, 0.3) is 10.8 Å². The number of aryl methyl sites for hydroxylation is 2. The first-order valence-electron chi connectivity index (χ1n) is 9.98. The van der Waals surface area contributed by atoms with Crippen molar-refractivity contribution in [3.63, 3.8) is 0 Å². The van der Waals surface area contributed by atoms with Crippen LogP contribution in [-0.2, 0) is 23.0 Å². The summed E-state index contributed by atoms with van der Waals surface area (Å²) >= 11 is 0. The third kappa shape index (κ3) is 7.54. The summed E-state index contributed by atoms with van der Waals surface area (Å²) < 4.78 is 35.3. The molecule has 0 N–H and O–H groups in total. The predicted octanol–water partition coefficient (Wildman–Crippen LogP) is 2.99. The quantitative estimate of drug-likeness (QED) is 0.323. The fourth-order valence-corrected chi connectivity index (χ4v) is 4.39. The van der Waals surface area contributed by atoms with E-state index in [0.29, 0.717) is 12.0 Å². The van der Waals surface area contributed by atoms with E-state index in [2.05, 4.69) is 19.9 Å². The van der Waals surface area contributed by atoms with Gasteiger partial charge in [-0.05, 0) is 53.6 Å². The molecule has 0 fully saturated rings. The molecule has 0 unspecified atom stereocenters. The van der Waals surface area contributed by atoms with Crippen molar-refractivity contribution in [2.45, 2.75) is 83.0 Å². The van der Waals surface area contributed by atoms with Crippen LogP contribution in [0.4, 0.5) is 0 Å². The topological polar surface area (TPSA) is 57.2 Å². The molecule has 0 spiro atoms. The first-order valence-corrected chi connectivity index (χ1v) is 11.4. The molecule has 27 heavy (non-hydrogen) atoms. The van der Waals surface area contributed by atoms with E-state index in [9.17, 15) is 13.0 Å². The van der Waals surface area contributed by atoms with Gasteiger partial charge in [-0.2, -0.15) is 0 Å². The molecular weight excluding hydrogens is 383 g/mol. The molecular formula is C22H31KO3S. The van der Waals surface area contributed by atoms with Crippen molar-refractivity contribution in [2.75, 3.05) is 0 Å². The number of rotatable bonds is 11. The van der Waals surface area contributed by atoms with Crippen LogP contribution < -0.4 is 51.4 Å². The summed E-state index contributed by atoms with van der Waals surface area (Å²) in [6.07, 6.45) is 10.7. The van der Waals surface area contributed by atoms with E-state index in [1.165, 1.54) is 30.9 Å².